The van der Waals surface area contributed by atoms with Crippen molar-refractivity contribution < 1.29 is 110 Å². The number of Topliss-reactive ketones (excluding diaryl/α,β-unsaturated/α-hetero) is 3. The Morgan fingerprint density at radius 1 is 0.630 bits per heavy atom. The average Bonchev–Trinajstić information content (AvgIpc) is 1.66. The number of rotatable bonds is 50. The van der Waals surface area contributed by atoms with Gasteiger partial charge >= 0.3 is 6.09 Å². The molecule has 3 aromatic rings. The van der Waals surface area contributed by atoms with Gasteiger partial charge < -0.3 is 82.2 Å². The number of carbonyl (C=O) groups is 9. The number of methoxy groups -OCH3 is 2. The Morgan fingerprint density at radius 2 is 1.19 bits per heavy atom. The topological polar surface area (TPSA) is 340 Å². The van der Waals surface area contributed by atoms with Crippen molar-refractivity contribution in [2.75, 3.05) is 151 Å². The number of aliphatic hydroxyl groups is 1. The first-order chi connectivity index (χ1) is 52.1. The number of ketones is 3. The zero-order chi connectivity index (χ0) is 77.5. The molecule has 6 amide bonds. The van der Waals surface area contributed by atoms with Crippen molar-refractivity contribution in [2.24, 2.45) is 34.6 Å². The van der Waals surface area contributed by atoms with Crippen molar-refractivity contribution >= 4 is 70.6 Å². The zero-order valence-corrected chi connectivity index (χ0v) is 63.6. The Morgan fingerprint density at radius 3 is 1.75 bits per heavy atom. The number of likely N-dealkylation sites (tertiary alicyclic amines) is 1. The van der Waals surface area contributed by atoms with E-state index in [9.17, 15) is 48.3 Å². The predicted molar refractivity (Wildman–Crippen MR) is 396 cm³/mol. The van der Waals surface area contributed by atoms with Crippen LogP contribution in [0.15, 0.2) is 76.9 Å². The highest BCUT2D eigenvalue weighted by Gasteiger charge is 2.46. The third-order valence-electron chi connectivity index (χ3n) is 19.0. The number of carbonyl (C=O) groups excluding carboxylic acids is 9. The fourth-order valence-corrected chi connectivity index (χ4v) is 12.9. The van der Waals surface area contributed by atoms with Crippen LogP contribution in [0.1, 0.15) is 131 Å². The molecule has 1 saturated heterocycles. The minimum atomic E-state index is -1.51. The second-order valence-corrected chi connectivity index (χ2v) is 27.7. The first kappa shape index (κ1) is 85.1. The van der Waals surface area contributed by atoms with Gasteiger partial charge in [-0.1, -0.05) is 62.3 Å². The molecule has 0 spiro atoms. The second kappa shape index (κ2) is 44.2. The van der Waals surface area contributed by atoms with E-state index in [1.807, 2.05) is 40.0 Å². The van der Waals surface area contributed by atoms with E-state index in [0.717, 1.165) is 21.8 Å². The summed E-state index contributed by atoms with van der Waals surface area (Å²) < 4.78 is 73.8. The molecular formula is C79H108N6O23. The van der Waals surface area contributed by atoms with Gasteiger partial charge in [0, 0.05) is 99.0 Å². The molecule has 4 heterocycles. The molecule has 5 aliphatic rings. The van der Waals surface area contributed by atoms with Crippen molar-refractivity contribution in [1.82, 2.24) is 20.4 Å². The van der Waals surface area contributed by atoms with Crippen LogP contribution in [0.5, 0.6) is 23.0 Å². The third-order valence-corrected chi connectivity index (χ3v) is 19.0. The van der Waals surface area contributed by atoms with Crippen LogP contribution in [0.3, 0.4) is 0 Å². The summed E-state index contributed by atoms with van der Waals surface area (Å²) in [4.78, 5) is 126. The molecule has 29 nitrogen and oxygen atoms in total. The summed E-state index contributed by atoms with van der Waals surface area (Å²) in [6.45, 7) is 17.4. The van der Waals surface area contributed by atoms with Crippen LogP contribution in [0, 0.1) is 29.6 Å². The van der Waals surface area contributed by atoms with Gasteiger partial charge in [0.15, 0.2) is 40.8 Å². The molecule has 4 aliphatic heterocycles. The number of fused-ring (bicyclic) bond motifs is 4. The van der Waals surface area contributed by atoms with E-state index < -0.39 is 42.1 Å². The Balaban J connectivity index is 0.646. The van der Waals surface area contributed by atoms with E-state index >= 15 is 0 Å². The zero-order valence-electron chi connectivity index (χ0n) is 63.6. The number of imide groups is 1. The molecule has 0 aromatic heterocycles. The molecule has 29 heteroatoms. The number of hydrogen-bond acceptors (Lipinski definition) is 24. The van der Waals surface area contributed by atoms with Gasteiger partial charge in [0.1, 0.15) is 12.4 Å². The predicted octanol–water partition coefficient (Wildman–Crippen LogP) is 7.68. The van der Waals surface area contributed by atoms with Gasteiger partial charge in [0.2, 0.25) is 23.6 Å². The first-order valence-corrected chi connectivity index (χ1v) is 37.4. The standard InChI is InChI=1S/C79H108N6O23/c1-51(2)60(43-59(86)17-22-98-24-26-100-28-30-102-32-34-104-36-37-105-35-33-103-31-29-101-27-25-99-23-18-80-72(88)16-19-83-73(89)41-54(5)76(83)92)75(91)82-55(6)67(87)42-56-12-14-57(15-13-56)50-108-79(95)85-65-47-71(69(97-8)45-63(65)77(93)84-49-53(4)40-66(84)78(85)94)107-21-11-9-10-20-106-70-46-64-62(44-68(70)96-7)74(90)61-39-52(3)38-58(61)48-81-64/h12-15,39,44-49,51,54-55,58,60-61,66,78,94H,9-11,16-38,40-43,50H2,1-8H3,(H,80,88)(H,82,91)/t54?,55-,58-,60-,61?,66-,78-/m0/s1. The number of nitrogens with one attached hydrogen (secondary N) is 2. The monoisotopic (exact) mass is 1510 g/mol. The summed E-state index contributed by atoms with van der Waals surface area (Å²) >= 11 is 0. The van der Waals surface area contributed by atoms with Crippen LogP contribution in [0.2, 0.25) is 0 Å². The molecule has 0 bridgehead atoms. The summed E-state index contributed by atoms with van der Waals surface area (Å²) in [6, 6.07) is 11.7. The molecule has 3 aromatic carbocycles. The van der Waals surface area contributed by atoms with Gasteiger partial charge in [-0.3, -0.25) is 48.2 Å². The van der Waals surface area contributed by atoms with Crippen LogP contribution in [-0.4, -0.2) is 239 Å². The molecule has 3 N–H and O–H groups in total. The number of nitrogens with zero attached hydrogens (tertiary/aromatic N) is 4. The lowest BCUT2D eigenvalue weighted by molar-refractivity contribution is -0.139. The average molecular weight is 1510 g/mol. The minimum Gasteiger partial charge on any atom is -0.493 e. The number of hydrogen-bond donors (Lipinski definition) is 3. The fraction of sp³-hybridized carbons (Fsp3) is 0.595. The first-order valence-electron chi connectivity index (χ1n) is 37.4. The summed E-state index contributed by atoms with van der Waals surface area (Å²) in [5.41, 5.74) is 4.47. The lowest BCUT2D eigenvalue weighted by atomic mass is 9.88. The summed E-state index contributed by atoms with van der Waals surface area (Å²) in [6.07, 6.45) is 6.54. The van der Waals surface area contributed by atoms with Crippen LogP contribution >= 0.6 is 0 Å². The molecule has 8 rings (SSSR count). The Bertz CT molecular complexity index is 3620. The molecule has 0 radical (unpaired) electrons. The highest BCUT2D eigenvalue weighted by molar-refractivity contribution is 6.08. The number of ether oxygens (including phenoxy) is 13. The maximum absolute atomic E-state index is 14.3. The molecule has 108 heavy (non-hydrogen) atoms. The second-order valence-electron chi connectivity index (χ2n) is 27.7. The van der Waals surface area contributed by atoms with Crippen LogP contribution in [0.4, 0.5) is 16.2 Å². The van der Waals surface area contributed by atoms with Gasteiger partial charge in [-0.05, 0) is 82.1 Å². The van der Waals surface area contributed by atoms with E-state index in [0.29, 0.717) is 165 Å². The number of aliphatic hydroxyl groups excluding tert-OH is 1. The van der Waals surface area contributed by atoms with Crippen molar-refractivity contribution in [3.63, 3.8) is 0 Å². The number of amides is 6. The molecular weight excluding hydrogens is 1400 g/mol. The van der Waals surface area contributed by atoms with E-state index in [-0.39, 0.29) is 147 Å². The number of anilines is 1. The molecule has 2 unspecified atom stereocenters. The van der Waals surface area contributed by atoms with E-state index in [1.165, 1.54) is 36.8 Å². The lowest BCUT2D eigenvalue weighted by Crippen LogP contribution is -2.50. The number of unbranched alkanes of at least 4 members (excludes halogenated alkanes) is 2. The smallest absolute Gasteiger partial charge is 0.416 e. The van der Waals surface area contributed by atoms with Crippen molar-refractivity contribution in [1.29, 1.82) is 0 Å². The van der Waals surface area contributed by atoms with Gasteiger partial charge in [-0.15, -0.1) is 0 Å². The van der Waals surface area contributed by atoms with Crippen molar-refractivity contribution in [3.8, 4) is 23.0 Å². The van der Waals surface area contributed by atoms with E-state index in [1.54, 1.807) is 56.4 Å². The Kier molecular flexibility index (Phi) is 34.8. The maximum Gasteiger partial charge on any atom is 0.416 e. The fourth-order valence-electron chi connectivity index (χ4n) is 12.9. The Hall–Kier alpha value is -8.52. The van der Waals surface area contributed by atoms with Gasteiger partial charge in [0.05, 0.1) is 162 Å². The quantitative estimate of drug-likeness (QED) is 0.0277. The normalized spacial score (nSPS) is 18.5. The molecule has 0 saturated carbocycles. The summed E-state index contributed by atoms with van der Waals surface area (Å²) in [7, 11) is 2.99. The lowest BCUT2D eigenvalue weighted by Gasteiger charge is -2.31. The molecule has 7 atom stereocenters. The number of allylic oxidation sites excluding steroid dienone is 2. The van der Waals surface area contributed by atoms with E-state index in [4.69, 9.17) is 61.6 Å². The Labute approximate surface area is 631 Å². The summed E-state index contributed by atoms with van der Waals surface area (Å²) in [5.74, 6) is -1.89. The SMILES string of the molecule is COc1cc2c(cc1OCCCCCOc1cc3c(cc1OC)C(=O)N1C=C(C)C[C@H]1[C@H](O)N3C(=O)OCc1ccc(CC(=O)[C@H](C)NC(=O)[C@@H](CC(=O)CCOCCOCCOCCOCCOCCOCCOCCOCCNC(=O)CCN3C(=O)CC(C)C3=O)C(C)C)cc1)N=C[C@@H]1CC(C)=CC1C2=O. The maximum atomic E-state index is 14.3. The molecule has 592 valence electrons. The molecule has 1 fully saturated rings. The van der Waals surface area contributed by atoms with Crippen LogP contribution < -0.4 is 34.5 Å². The largest absolute Gasteiger partial charge is 0.493 e. The van der Waals surface area contributed by atoms with Crippen molar-refractivity contribution in [3.05, 3.63) is 94.2 Å². The summed E-state index contributed by atoms with van der Waals surface area (Å²) in [5, 5.41) is 17.5. The third kappa shape index (κ3) is 25.5. The highest BCUT2D eigenvalue weighted by Crippen LogP contribution is 2.44. The molecule has 1 aliphatic carbocycles. The van der Waals surface area contributed by atoms with Gasteiger partial charge in [-0.25, -0.2) is 9.69 Å². The van der Waals surface area contributed by atoms with Gasteiger partial charge in [-0.2, -0.15) is 0 Å². The van der Waals surface area contributed by atoms with Crippen LogP contribution in [-0.2, 0) is 84.4 Å². The van der Waals surface area contributed by atoms with E-state index in [2.05, 4.69) is 15.6 Å². The number of benzene rings is 3. The van der Waals surface area contributed by atoms with Gasteiger partial charge in [0.25, 0.3) is 5.91 Å². The number of aliphatic imine (C=N–C) groups is 1. The van der Waals surface area contributed by atoms with Crippen LogP contribution in [0.25, 0.3) is 0 Å². The highest BCUT2D eigenvalue weighted by atomic mass is 16.6. The van der Waals surface area contributed by atoms with Crippen molar-refractivity contribution in [2.45, 2.75) is 131 Å². The minimum absolute atomic E-state index is 0.00992.